The molecule has 0 aliphatic carbocycles. The van der Waals surface area contributed by atoms with Crippen LogP contribution in [0.1, 0.15) is 17.4 Å². The van der Waals surface area contributed by atoms with E-state index < -0.39 is 0 Å². The Bertz CT molecular complexity index is 857. The number of nitrogens with one attached hydrogen (secondary N) is 2. The topological polar surface area (TPSA) is 83.1 Å². The fourth-order valence-electron chi connectivity index (χ4n) is 3.43. The average molecular weight is 365 g/mol. The highest BCUT2D eigenvalue weighted by Gasteiger charge is 2.29. The third-order valence-electron chi connectivity index (χ3n) is 4.76. The Morgan fingerprint density at radius 3 is 2.85 bits per heavy atom. The van der Waals surface area contributed by atoms with Gasteiger partial charge in [-0.25, -0.2) is 4.98 Å². The van der Waals surface area contributed by atoms with Crippen LogP contribution in [0.5, 0.6) is 0 Å². The molecule has 0 bridgehead atoms. The summed E-state index contributed by atoms with van der Waals surface area (Å²) in [5.74, 6) is 0.863. The van der Waals surface area contributed by atoms with Crippen molar-refractivity contribution in [2.24, 2.45) is 0 Å². The van der Waals surface area contributed by atoms with Gasteiger partial charge in [0.15, 0.2) is 0 Å². The molecule has 1 saturated heterocycles. The lowest BCUT2D eigenvalue weighted by Crippen LogP contribution is -2.46. The third kappa shape index (κ3) is 4.15. The van der Waals surface area contributed by atoms with Crippen molar-refractivity contribution in [2.45, 2.75) is 12.5 Å². The van der Waals surface area contributed by atoms with Gasteiger partial charge in [0.2, 0.25) is 5.91 Å². The highest BCUT2D eigenvalue weighted by Crippen LogP contribution is 2.21. The van der Waals surface area contributed by atoms with Crippen LogP contribution in [-0.2, 0) is 16.0 Å². The Morgan fingerprint density at radius 2 is 2.07 bits per heavy atom. The normalized spacial score (nSPS) is 16.3. The van der Waals surface area contributed by atoms with Gasteiger partial charge in [-0.05, 0) is 23.8 Å². The number of amides is 1. The maximum Gasteiger partial charge on any atom is 0.242 e. The van der Waals surface area contributed by atoms with E-state index in [1.165, 1.54) is 0 Å². The molecular weight excluding hydrogens is 342 g/mol. The van der Waals surface area contributed by atoms with Crippen molar-refractivity contribution in [2.75, 3.05) is 32.8 Å². The number of ether oxygens (including phenoxy) is 1. The lowest BCUT2D eigenvalue weighted by molar-refractivity contribution is -0.128. The lowest BCUT2D eigenvalue weighted by atomic mass is 10.1. The fourth-order valence-corrected chi connectivity index (χ4v) is 3.43. The number of pyridine rings is 1. The molecular formula is C20H23N5O2. The van der Waals surface area contributed by atoms with Gasteiger partial charge >= 0.3 is 0 Å². The molecule has 7 nitrogen and oxygen atoms in total. The number of aromatic nitrogens is 3. The maximum absolute atomic E-state index is 13.0. The molecule has 1 atom stereocenters. The van der Waals surface area contributed by atoms with Crippen LogP contribution in [0.25, 0.3) is 11.0 Å². The summed E-state index contributed by atoms with van der Waals surface area (Å²) in [4.78, 5) is 27.1. The van der Waals surface area contributed by atoms with Crippen LogP contribution >= 0.6 is 0 Å². The van der Waals surface area contributed by atoms with Gasteiger partial charge in [0.05, 0.1) is 24.2 Å². The summed E-state index contributed by atoms with van der Waals surface area (Å²) in [6.45, 7) is 3.28. The number of carbonyl (C=O) groups is 1. The number of H-pyrrole nitrogens is 1. The summed E-state index contributed by atoms with van der Waals surface area (Å²) in [7, 11) is 0. The number of rotatable bonds is 6. The van der Waals surface area contributed by atoms with Gasteiger partial charge in [-0.2, -0.15) is 0 Å². The molecule has 1 amide bonds. The van der Waals surface area contributed by atoms with E-state index in [2.05, 4.69) is 25.2 Å². The summed E-state index contributed by atoms with van der Waals surface area (Å²) in [6.07, 6.45) is 4.14. The molecule has 1 unspecified atom stereocenters. The molecule has 0 spiro atoms. The second-order valence-corrected chi connectivity index (χ2v) is 6.58. The molecule has 1 aliphatic heterocycles. The highest BCUT2D eigenvalue weighted by molar-refractivity contribution is 5.83. The second kappa shape index (κ2) is 8.28. The molecule has 0 radical (unpaired) electrons. The van der Waals surface area contributed by atoms with E-state index in [0.717, 1.165) is 35.5 Å². The second-order valence-electron chi connectivity index (χ2n) is 6.58. The zero-order valence-corrected chi connectivity index (χ0v) is 15.1. The number of nitrogens with zero attached hydrogens (tertiary/aromatic N) is 3. The Morgan fingerprint density at radius 1 is 1.22 bits per heavy atom. The Hall–Kier alpha value is -2.77. The van der Waals surface area contributed by atoms with Crippen LogP contribution in [-0.4, -0.2) is 58.6 Å². The first-order valence-corrected chi connectivity index (χ1v) is 9.24. The van der Waals surface area contributed by atoms with E-state index in [1.54, 1.807) is 12.4 Å². The van der Waals surface area contributed by atoms with Gasteiger partial charge < -0.3 is 15.0 Å². The molecule has 1 aromatic carbocycles. The largest absolute Gasteiger partial charge is 0.379 e. The molecule has 2 aromatic heterocycles. The van der Waals surface area contributed by atoms with Gasteiger partial charge in [0.25, 0.3) is 0 Å². The number of para-hydroxylation sites is 2. The van der Waals surface area contributed by atoms with Crippen LogP contribution in [0.3, 0.4) is 0 Å². The molecule has 1 fully saturated rings. The number of imidazole rings is 1. The zero-order valence-electron chi connectivity index (χ0n) is 15.1. The third-order valence-corrected chi connectivity index (χ3v) is 4.76. The van der Waals surface area contributed by atoms with E-state index in [0.29, 0.717) is 26.2 Å². The molecule has 3 heterocycles. The van der Waals surface area contributed by atoms with E-state index in [9.17, 15) is 4.79 Å². The van der Waals surface area contributed by atoms with Crippen molar-refractivity contribution in [1.82, 2.24) is 25.2 Å². The van der Waals surface area contributed by atoms with Gasteiger partial charge in [-0.1, -0.05) is 18.2 Å². The van der Waals surface area contributed by atoms with Crippen molar-refractivity contribution in [3.8, 4) is 0 Å². The van der Waals surface area contributed by atoms with Crippen LogP contribution in [0.2, 0.25) is 0 Å². The smallest absolute Gasteiger partial charge is 0.242 e. The first kappa shape index (κ1) is 17.6. The van der Waals surface area contributed by atoms with Crippen molar-refractivity contribution in [3.05, 3.63) is 60.2 Å². The average Bonchev–Trinajstić information content (AvgIpc) is 3.13. The quantitative estimate of drug-likeness (QED) is 0.695. The molecule has 1 aliphatic rings. The number of carbonyl (C=O) groups excluding carboxylic acids is 1. The lowest BCUT2D eigenvalue weighted by Gasteiger charge is -2.33. The van der Waals surface area contributed by atoms with Crippen LogP contribution in [0.4, 0.5) is 0 Å². The number of morpholine rings is 1. The summed E-state index contributed by atoms with van der Waals surface area (Å²) < 4.78 is 5.43. The van der Waals surface area contributed by atoms with Gasteiger partial charge in [0, 0.05) is 38.4 Å². The van der Waals surface area contributed by atoms with Gasteiger partial charge in [0.1, 0.15) is 11.9 Å². The van der Waals surface area contributed by atoms with E-state index >= 15 is 0 Å². The van der Waals surface area contributed by atoms with E-state index in [1.807, 2.05) is 36.4 Å². The van der Waals surface area contributed by atoms with E-state index in [-0.39, 0.29) is 11.9 Å². The minimum absolute atomic E-state index is 0.0130. The summed E-state index contributed by atoms with van der Waals surface area (Å²) >= 11 is 0. The van der Waals surface area contributed by atoms with E-state index in [4.69, 9.17) is 4.74 Å². The molecule has 4 rings (SSSR count). The van der Waals surface area contributed by atoms with Crippen LogP contribution in [0, 0.1) is 0 Å². The Labute approximate surface area is 157 Å². The number of hydrogen-bond acceptors (Lipinski definition) is 5. The van der Waals surface area contributed by atoms with Crippen molar-refractivity contribution in [1.29, 1.82) is 0 Å². The fraction of sp³-hybridized carbons (Fsp3) is 0.350. The number of benzene rings is 1. The Balaban J connectivity index is 1.41. The first-order valence-electron chi connectivity index (χ1n) is 9.24. The SMILES string of the molecule is O=C(NCCc1nc2ccccc2[nH]1)C(c1cccnc1)N1CCOCC1. The van der Waals surface area contributed by atoms with Crippen LogP contribution in [0.15, 0.2) is 48.8 Å². The molecule has 140 valence electrons. The standard InChI is InChI=1S/C20H23N5O2/c26-20(22-9-7-18-23-16-5-1-2-6-17(16)24-18)19(15-4-3-8-21-14-15)25-10-12-27-13-11-25/h1-6,8,14,19H,7,9-13H2,(H,22,26)(H,23,24). The maximum atomic E-state index is 13.0. The van der Waals surface area contributed by atoms with Crippen molar-refractivity contribution in [3.63, 3.8) is 0 Å². The summed E-state index contributed by atoms with van der Waals surface area (Å²) in [5.41, 5.74) is 2.86. The highest BCUT2D eigenvalue weighted by atomic mass is 16.5. The molecule has 27 heavy (non-hydrogen) atoms. The monoisotopic (exact) mass is 365 g/mol. The molecule has 0 saturated carbocycles. The summed E-state index contributed by atoms with van der Waals surface area (Å²) in [6, 6.07) is 11.4. The number of hydrogen-bond donors (Lipinski definition) is 2. The van der Waals surface area contributed by atoms with Gasteiger partial charge in [-0.15, -0.1) is 0 Å². The zero-order chi connectivity index (χ0) is 18.5. The van der Waals surface area contributed by atoms with Crippen LogP contribution < -0.4 is 5.32 Å². The minimum atomic E-state index is -0.349. The van der Waals surface area contributed by atoms with Crippen molar-refractivity contribution < 1.29 is 9.53 Å². The predicted octanol–water partition coefficient (Wildman–Crippen LogP) is 1.69. The first-order chi connectivity index (χ1) is 13.3. The summed E-state index contributed by atoms with van der Waals surface area (Å²) in [5, 5.41) is 3.06. The number of fused-ring (bicyclic) bond motifs is 1. The molecule has 3 aromatic rings. The Kier molecular flexibility index (Phi) is 5.41. The predicted molar refractivity (Wildman–Crippen MR) is 102 cm³/mol. The molecule has 7 heteroatoms. The minimum Gasteiger partial charge on any atom is -0.379 e. The number of aromatic amines is 1. The molecule has 2 N–H and O–H groups in total. The van der Waals surface area contributed by atoms with Gasteiger partial charge in [-0.3, -0.25) is 14.7 Å². The van der Waals surface area contributed by atoms with Crippen molar-refractivity contribution >= 4 is 16.9 Å².